The molecule has 0 atom stereocenters. The van der Waals surface area contributed by atoms with Crippen molar-refractivity contribution in [1.82, 2.24) is 15.0 Å². The zero-order chi connectivity index (χ0) is 20.2. The minimum Gasteiger partial charge on any atom is -0.493 e. The summed E-state index contributed by atoms with van der Waals surface area (Å²) in [7, 11) is 1.55. The first-order valence-corrected chi connectivity index (χ1v) is 9.70. The van der Waals surface area contributed by atoms with Crippen molar-refractivity contribution >= 4 is 81.8 Å². The van der Waals surface area contributed by atoms with Crippen LogP contribution in [0.3, 0.4) is 0 Å². The van der Waals surface area contributed by atoms with Gasteiger partial charge in [-0.1, -0.05) is 81.7 Å². The van der Waals surface area contributed by atoms with Crippen molar-refractivity contribution in [3.05, 3.63) is 41.2 Å². The van der Waals surface area contributed by atoms with Gasteiger partial charge in [0.05, 0.1) is 13.7 Å². The maximum Gasteiger partial charge on any atom is 0.250 e. The lowest BCUT2D eigenvalue weighted by molar-refractivity contribution is 0.311. The molecule has 0 aliphatic carbocycles. The molecule has 0 bridgehead atoms. The van der Waals surface area contributed by atoms with Gasteiger partial charge in [0.25, 0.3) is 0 Å². The molecule has 0 fully saturated rings. The molecule has 2 rings (SSSR count). The quantitative estimate of drug-likeness (QED) is 0.473. The van der Waals surface area contributed by atoms with E-state index < -0.39 is 7.59 Å². The lowest BCUT2D eigenvalue weighted by Gasteiger charge is -2.14. The predicted octanol–water partition coefficient (Wildman–Crippen LogP) is 6.10. The number of hydrogen-bond donors (Lipinski definition) is 0. The molecule has 27 heavy (non-hydrogen) atoms. The van der Waals surface area contributed by atoms with Gasteiger partial charge in [-0.15, -0.1) is 0 Å². The Morgan fingerprint density at radius 3 is 1.96 bits per heavy atom. The molecule has 1 aromatic carbocycles. The second kappa shape index (κ2) is 9.21. The van der Waals surface area contributed by atoms with Gasteiger partial charge in [0.1, 0.15) is 0 Å². The van der Waals surface area contributed by atoms with Gasteiger partial charge < -0.3 is 9.47 Å². The number of alkyl halides is 6. The fraction of sp³-hybridized carbons (Fsp3) is 0.312. The molecular formula is C16H13Cl6N3O2. The van der Waals surface area contributed by atoms with E-state index in [1.807, 2.05) is 13.0 Å². The zero-order valence-electron chi connectivity index (χ0n) is 14.0. The summed E-state index contributed by atoms with van der Waals surface area (Å²) in [6, 6.07) is 5.40. The van der Waals surface area contributed by atoms with Crippen LogP contribution < -0.4 is 9.47 Å². The molecule has 146 valence electrons. The van der Waals surface area contributed by atoms with Crippen molar-refractivity contribution in [1.29, 1.82) is 0 Å². The SMILES string of the molecule is CCOc1ccc(/C=C/c2nc(C(Cl)(Cl)Cl)nc(C(Cl)(Cl)Cl)n2)cc1OC. The third-order valence-corrected chi connectivity index (χ3v) is 4.09. The number of nitrogens with zero attached hydrogens (tertiary/aromatic N) is 3. The van der Waals surface area contributed by atoms with Gasteiger partial charge in [-0.05, 0) is 30.7 Å². The molecule has 0 aliphatic heterocycles. The van der Waals surface area contributed by atoms with Crippen molar-refractivity contribution in [2.24, 2.45) is 0 Å². The Labute approximate surface area is 186 Å². The molecule has 5 nitrogen and oxygen atoms in total. The Balaban J connectivity index is 2.41. The fourth-order valence-electron chi connectivity index (χ4n) is 1.95. The van der Waals surface area contributed by atoms with E-state index >= 15 is 0 Å². The summed E-state index contributed by atoms with van der Waals surface area (Å²) in [5.41, 5.74) is 0.793. The van der Waals surface area contributed by atoms with Gasteiger partial charge in [0.15, 0.2) is 29.0 Å². The molecule has 0 unspecified atom stereocenters. The monoisotopic (exact) mass is 489 g/mol. The summed E-state index contributed by atoms with van der Waals surface area (Å²) in [5.74, 6) is 1.05. The molecule has 1 heterocycles. The highest BCUT2D eigenvalue weighted by atomic mass is 35.6. The van der Waals surface area contributed by atoms with Crippen LogP contribution in [0.4, 0.5) is 0 Å². The number of methoxy groups -OCH3 is 1. The van der Waals surface area contributed by atoms with Crippen molar-refractivity contribution in [3.8, 4) is 11.5 Å². The minimum atomic E-state index is -1.90. The van der Waals surface area contributed by atoms with Crippen LogP contribution in [0.1, 0.15) is 30.0 Å². The molecular weight excluding hydrogens is 479 g/mol. The topological polar surface area (TPSA) is 57.1 Å². The van der Waals surface area contributed by atoms with E-state index in [1.54, 1.807) is 31.4 Å². The Morgan fingerprint density at radius 2 is 1.48 bits per heavy atom. The summed E-state index contributed by atoms with van der Waals surface area (Å²) in [5, 5.41) is 0. The normalized spacial score (nSPS) is 12.4. The standard InChI is InChI=1S/C16H13Cl6N3O2/c1-3-27-10-6-4-9(8-11(10)26-2)5-7-12-23-13(15(17,18)19)25-14(24-12)16(20,21)22/h4-8H,3H2,1-2H3/b7-5+. The lowest BCUT2D eigenvalue weighted by atomic mass is 10.2. The van der Waals surface area contributed by atoms with Gasteiger partial charge in [-0.3, -0.25) is 0 Å². The van der Waals surface area contributed by atoms with Crippen molar-refractivity contribution < 1.29 is 9.47 Å². The summed E-state index contributed by atoms with van der Waals surface area (Å²) in [6.45, 7) is 2.41. The van der Waals surface area contributed by atoms with E-state index in [-0.39, 0.29) is 17.5 Å². The molecule has 0 amide bonds. The van der Waals surface area contributed by atoms with E-state index in [0.717, 1.165) is 5.56 Å². The number of benzene rings is 1. The zero-order valence-corrected chi connectivity index (χ0v) is 18.6. The van der Waals surface area contributed by atoms with Crippen LogP contribution >= 0.6 is 69.6 Å². The third-order valence-electron chi connectivity index (χ3n) is 3.07. The molecule has 0 saturated carbocycles. The summed E-state index contributed by atoms with van der Waals surface area (Å²) in [6.07, 6.45) is 3.29. The van der Waals surface area contributed by atoms with E-state index in [9.17, 15) is 0 Å². The molecule has 11 heteroatoms. The second-order valence-corrected chi connectivity index (χ2v) is 9.58. The number of halogens is 6. The molecule has 0 N–H and O–H groups in total. The highest BCUT2D eigenvalue weighted by Gasteiger charge is 2.33. The average Bonchev–Trinajstić information content (AvgIpc) is 2.59. The van der Waals surface area contributed by atoms with Crippen LogP contribution in [-0.4, -0.2) is 28.7 Å². The van der Waals surface area contributed by atoms with Crippen LogP contribution in [0, 0.1) is 0 Å². The Bertz CT molecular complexity index is 802. The maximum absolute atomic E-state index is 5.85. The van der Waals surface area contributed by atoms with Gasteiger partial charge in [0, 0.05) is 0 Å². The number of aromatic nitrogens is 3. The molecule has 0 radical (unpaired) electrons. The third kappa shape index (κ3) is 6.41. The van der Waals surface area contributed by atoms with E-state index in [2.05, 4.69) is 15.0 Å². The van der Waals surface area contributed by atoms with Crippen LogP contribution in [-0.2, 0) is 7.59 Å². The lowest BCUT2D eigenvalue weighted by Crippen LogP contribution is -2.16. The summed E-state index contributed by atoms with van der Waals surface area (Å²) in [4.78, 5) is 12.1. The van der Waals surface area contributed by atoms with Gasteiger partial charge >= 0.3 is 0 Å². The van der Waals surface area contributed by atoms with Crippen LogP contribution in [0.25, 0.3) is 12.2 Å². The van der Waals surface area contributed by atoms with Crippen molar-refractivity contribution in [3.63, 3.8) is 0 Å². The molecule has 0 saturated heterocycles. The highest BCUT2D eigenvalue weighted by Crippen LogP contribution is 2.40. The maximum atomic E-state index is 5.85. The Kier molecular flexibility index (Phi) is 7.70. The largest absolute Gasteiger partial charge is 0.493 e. The van der Waals surface area contributed by atoms with E-state index in [1.165, 1.54) is 0 Å². The first-order valence-electron chi connectivity index (χ1n) is 7.44. The Hall–Kier alpha value is -0.690. The number of ether oxygens (including phenoxy) is 2. The molecule has 1 aromatic heterocycles. The minimum absolute atomic E-state index is 0.153. The van der Waals surface area contributed by atoms with Crippen molar-refractivity contribution in [2.75, 3.05) is 13.7 Å². The smallest absolute Gasteiger partial charge is 0.250 e. The van der Waals surface area contributed by atoms with Crippen LogP contribution in [0.15, 0.2) is 18.2 Å². The van der Waals surface area contributed by atoms with E-state index in [0.29, 0.717) is 18.1 Å². The number of rotatable bonds is 5. The van der Waals surface area contributed by atoms with Gasteiger partial charge in [-0.2, -0.15) is 0 Å². The second-order valence-electron chi connectivity index (χ2n) is 5.01. The highest BCUT2D eigenvalue weighted by molar-refractivity contribution is 6.67. The summed E-state index contributed by atoms with van der Waals surface area (Å²) < 4.78 is 6.99. The first kappa shape index (κ1) is 22.6. The first-order chi connectivity index (χ1) is 12.5. The molecule has 0 aliphatic rings. The molecule has 0 spiro atoms. The van der Waals surface area contributed by atoms with Crippen LogP contribution in [0.2, 0.25) is 0 Å². The van der Waals surface area contributed by atoms with Gasteiger partial charge in [-0.25, -0.2) is 15.0 Å². The van der Waals surface area contributed by atoms with Crippen LogP contribution in [0.5, 0.6) is 11.5 Å². The average molecular weight is 492 g/mol. The fourth-order valence-corrected chi connectivity index (χ4v) is 2.46. The predicted molar refractivity (Wildman–Crippen MR) is 111 cm³/mol. The number of hydrogen-bond acceptors (Lipinski definition) is 5. The van der Waals surface area contributed by atoms with Gasteiger partial charge in [0.2, 0.25) is 7.59 Å². The summed E-state index contributed by atoms with van der Waals surface area (Å²) >= 11 is 35.1. The molecule has 2 aromatic rings. The van der Waals surface area contributed by atoms with E-state index in [4.69, 9.17) is 79.1 Å². The Morgan fingerprint density at radius 1 is 0.889 bits per heavy atom. The van der Waals surface area contributed by atoms with Crippen molar-refractivity contribution in [2.45, 2.75) is 14.5 Å².